The lowest BCUT2D eigenvalue weighted by Crippen LogP contribution is -2.47. The molecule has 4 nitrogen and oxygen atoms in total. The topological polar surface area (TPSA) is 46.6 Å². The molecule has 1 aromatic carbocycles. The number of ether oxygens (including phenoxy) is 1. The lowest BCUT2D eigenvalue weighted by Gasteiger charge is -2.31. The molecular weight excluding hydrogens is 302 g/mol. The predicted octanol–water partition coefficient (Wildman–Crippen LogP) is 3.48. The zero-order valence-electron chi connectivity index (χ0n) is 13.2. The molecule has 0 N–H and O–H groups in total. The quantitative estimate of drug-likeness (QED) is 0.797. The van der Waals surface area contributed by atoms with E-state index in [1.807, 2.05) is 51.1 Å². The van der Waals surface area contributed by atoms with Crippen LogP contribution in [0.3, 0.4) is 0 Å². The summed E-state index contributed by atoms with van der Waals surface area (Å²) in [7, 11) is 0. The highest BCUT2D eigenvalue weighted by molar-refractivity contribution is 6.19. The minimum atomic E-state index is -0.565. The number of hydrogen-bond donors (Lipinski definition) is 0. The van der Waals surface area contributed by atoms with Crippen molar-refractivity contribution in [2.24, 2.45) is 11.3 Å². The molecule has 0 saturated carbocycles. The van der Waals surface area contributed by atoms with E-state index in [0.29, 0.717) is 6.42 Å². The molecule has 2 atom stereocenters. The van der Waals surface area contributed by atoms with E-state index in [9.17, 15) is 9.59 Å². The van der Waals surface area contributed by atoms with E-state index >= 15 is 0 Å². The predicted molar refractivity (Wildman–Crippen MR) is 85.8 cm³/mol. The van der Waals surface area contributed by atoms with E-state index < -0.39 is 12.0 Å². The number of carbonyl (C=O) groups excluding carboxylic acids is 2. The van der Waals surface area contributed by atoms with E-state index in [1.54, 1.807) is 0 Å². The zero-order valence-corrected chi connectivity index (χ0v) is 14.0. The van der Waals surface area contributed by atoms with Crippen molar-refractivity contribution in [3.8, 4) is 0 Å². The van der Waals surface area contributed by atoms with Gasteiger partial charge in [0.2, 0.25) is 5.91 Å². The van der Waals surface area contributed by atoms with Gasteiger partial charge in [0.15, 0.2) is 0 Å². The highest BCUT2D eigenvalue weighted by atomic mass is 35.5. The molecule has 1 aromatic rings. The second kappa shape index (κ2) is 6.69. The van der Waals surface area contributed by atoms with Gasteiger partial charge < -0.3 is 4.74 Å². The maximum absolute atomic E-state index is 12.8. The van der Waals surface area contributed by atoms with Crippen molar-refractivity contribution < 1.29 is 14.3 Å². The number of imide groups is 1. The monoisotopic (exact) mass is 323 g/mol. The molecule has 1 aliphatic rings. The first-order chi connectivity index (χ1) is 10.3. The van der Waals surface area contributed by atoms with E-state index in [4.69, 9.17) is 16.3 Å². The van der Waals surface area contributed by atoms with Crippen LogP contribution in [0.4, 0.5) is 4.79 Å². The summed E-state index contributed by atoms with van der Waals surface area (Å²) in [6.07, 6.45) is 0.0302. The Kier molecular flexibility index (Phi) is 5.12. The third-order valence-electron chi connectivity index (χ3n) is 4.01. The minimum Gasteiger partial charge on any atom is -0.447 e. The van der Waals surface area contributed by atoms with Crippen LogP contribution in [-0.2, 0) is 16.0 Å². The summed E-state index contributed by atoms with van der Waals surface area (Å²) in [4.78, 5) is 26.0. The number of carbonyl (C=O) groups is 2. The molecule has 1 fully saturated rings. The van der Waals surface area contributed by atoms with E-state index in [-0.39, 0.29) is 29.9 Å². The molecular formula is C17H22ClNO3. The van der Waals surface area contributed by atoms with Gasteiger partial charge in [-0.05, 0) is 17.4 Å². The summed E-state index contributed by atoms with van der Waals surface area (Å²) in [6, 6.07) is 9.51. The van der Waals surface area contributed by atoms with Gasteiger partial charge in [-0.25, -0.2) is 9.69 Å². The van der Waals surface area contributed by atoms with E-state index in [0.717, 1.165) is 5.56 Å². The molecule has 0 radical (unpaired) electrons. The summed E-state index contributed by atoms with van der Waals surface area (Å²) in [5.74, 6) is -0.478. The molecule has 0 aromatic heterocycles. The van der Waals surface area contributed by atoms with Gasteiger partial charge in [-0.15, -0.1) is 11.6 Å². The number of rotatable bonds is 4. The average molecular weight is 324 g/mol. The number of cyclic esters (lactones) is 1. The average Bonchev–Trinajstić information content (AvgIpc) is 2.80. The van der Waals surface area contributed by atoms with Crippen LogP contribution in [0.15, 0.2) is 30.3 Å². The fraction of sp³-hybridized carbons (Fsp3) is 0.529. The third kappa shape index (κ3) is 3.61. The van der Waals surface area contributed by atoms with Crippen LogP contribution in [0.1, 0.15) is 26.3 Å². The summed E-state index contributed by atoms with van der Waals surface area (Å²) in [5.41, 5.74) is 0.765. The molecule has 1 aliphatic heterocycles. The molecule has 0 aliphatic carbocycles. The Bertz CT molecular complexity index is 539. The van der Waals surface area contributed by atoms with E-state index in [1.165, 1.54) is 4.90 Å². The van der Waals surface area contributed by atoms with Crippen molar-refractivity contribution in [1.82, 2.24) is 4.90 Å². The van der Waals surface area contributed by atoms with Crippen LogP contribution in [-0.4, -0.2) is 35.4 Å². The highest BCUT2D eigenvalue weighted by Gasteiger charge is 2.43. The molecule has 5 heteroatoms. The molecule has 0 unspecified atom stereocenters. The zero-order chi connectivity index (χ0) is 16.3. The standard InChI is InChI=1S/C17H22ClNO3/c1-17(2,3)14(10-18)15(20)19-13(11-22-16(19)21)9-12-7-5-4-6-8-12/h4-8,13-14H,9-11H2,1-3H3/t13-,14+/m0/s1. The number of hydrogen-bond acceptors (Lipinski definition) is 3. The molecule has 0 spiro atoms. The minimum absolute atomic E-state index is 0.185. The van der Waals surface area contributed by atoms with Crippen LogP contribution >= 0.6 is 11.6 Å². The van der Waals surface area contributed by atoms with Gasteiger partial charge >= 0.3 is 6.09 Å². The van der Waals surface area contributed by atoms with Crippen molar-refractivity contribution in [2.75, 3.05) is 12.5 Å². The summed E-state index contributed by atoms with van der Waals surface area (Å²) >= 11 is 5.98. The normalized spacial score (nSPS) is 19.9. The fourth-order valence-corrected chi connectivity index (χ4v) is 3.20. The molecule has 0 bridgehead atoms. The van der Waals surface area contributed by atoms with Crippen LogP contribution in [0.25, 0.3) is 0 Å². The van der Waals surface area contributed by atoms with Gasteiger partial charge in [-0.2, -0.15) is 0 Å². The number of alkyl halides is 1. The first-order valence-corrected chi connectivity index (χ1v) is 7.97. The van der Waals surface area contributed by atoms with Gasteiger partial charge in [-0.1, -0.05) is 51.1 Å². The molecule has 1 saturated heterocycles. The highest BCUT2D eigenvalue weighted by Crippen LogP contribution is 2.31. The van der Waals surface area contributed by atoms with E-state index in [2.05, 4.69) is 0 Å². The molecule has 2 amide bonds. The van der Waals surface area contributed by atoms with Gasteiger partial charge in [0.05, 0.1) is 12.0 Å². The number of halogens is 1. The van der Waals surface area contributed by atoms with Crippen molar-refractivity contribution >= 4 is 23.6 Å². The maximum atomic E-state index is 12.8. The smallest absolute Gasteiger partial charge is 0.416 e. The van der Waals surface area contributed by atoms with Crippen LogP contribution in [0.5, 0.6) is 0 Å². The maximum Gasteiger partial charge on any atom is 0.416 e. The number of amides is 2. The third-order valence-corrected chi connectivity index (χ3v) is 4.32. The van der Waals surface area contributed by atoms with Crippen molar-refractivity contribution in [3.63, 3.8) is 0 Å². The van der Waals surface area contributed by atoms with Gasteiger partial charge in [0, 0.05) is 5.88 Å². The Labute approximate surface area is 136 Å². The SMILES string of the molecule is CC(C)(C)[C@H](CCl)C(=O)N1C(=O)OC[C@@H]1Cc1ccccc1. The van der Waals surface area contributed by atoms with Gasteiger partial charge in [-0.3, -0.25) is 4.79 Å². The lowest BCUT2D eigenvalue weighted by molar-refractivity contribution is -0.135. The van der Waals surface area contributed by atoms with Crippen molar-refractivity contribution in [1.29, 1.82) is 0 Å². The largest absolute Gasteiger partial charge is 0.447 e. The van der Waals surface area contributed by atoms with Crippen molar-refractivity contribution in [2.45, 2.75) is 33.2 Å². The lowest BCUT2D eigenvalue weighted by atomic mass is 9.81. The first kappa shape index (κ1) is 16.8. The summed E-state index contributed by atoms with van der Waals surface area (Å²) in [6.45, 7) is 6.08. The van der Waals surface area contributed by atoms with Gasteiger partial charge in [0.1, 0.15) is 6.61 Å². The Morgan fingerprint density at radius 2 is 2.00 bits per heavy atom. The fourth-order valence-electron chi connectivity index (χ4n) is 2.60. The Morgan fingerprint density at radius 3 is 2.55 bits per heavy atom. The molecule has 2 rings (SSSR count). The van der Waals surface area contributed by atoms with Crippen LogP contribution in [0, 0.1) is 11.3 Å². The Balaban J connectivity index is 2.19. The first-order valence-electron chi connectivity index (χ1n) is 7.44. The summed E-state index contributed by atoms with van der Waals surface area (Å²) < 4.78 is 5.10. The Hall–Kier alpha value is -1.55. The Morgan fingerprint density at radius 1 is 1.36 bits per heavy atom. The molecule has 1 heterocycles. The van der Waals surface area contributed by atoms with Crippen LogP contribution < -0.4 is 0 Å². The second-order valence-electron chi connectivity index (χ2n) is 6.70. The van der Waals surface area contributed by atoms with Gasteiger partial charge in [0.25, 0.3) is 0 Å². The number of nitrogens with zero attached hydrogens (tertiary/aromatic N) is 1. The molecule has 120 valence electrons. The molecule has 22 heavy (non-hydrogen) atoms. The summed E-state index contributed by atoms with van der Waals surface area (Å²) in [5, 5.41) is 0. The second-order valence-corrected chi connectivity index (χ2v) is 7.01. The number of benzene rings is 1. The van der Waals surface area contributed by atoms with Crippen LogP contribution in [0.2, 0.25) is 0 Å². The van der Waals surface area contributed by atoms with Crippen molar-refractivity contribution in [3.05, 3.63) is 35.9 Å².